The summed E-state index contributed by atoms with van der Waals surface area (Å²) in [5.41, 5.74) is 0. The van der Waals surface area contributed by atoms with Crippen molar-refractivity contribution in [2.75, 3.05) is 6.61 Å². The molecule has 0 fully saturated rings. The number of aliphatic hydroxyl groups is 2. The van der Waals surface area contributed by atoms with Gasteiger partial charge in [0, 0.05) is 6.42 Å². The van der Waals surface area contributed by atoms with E-state index in [0.717, 1.165) is 64.2 Å². The van der Waals surface area contributed by atoms with Gasteiger partial charge in [-0.1, -0.05) is 262 Å². The van der Waals surface area contributed by atoms with Crippen LogP contribution in [-0.2, 0) is 14.3 Å². The van der Waals surface area contributed by atoms with Crippen LogP contribution in [0.2, 0.25) is 0 Å². The number of ether oxygens (including phenoxy) is 1. The fourth-order valence-corrected chi connectivity index (χ4v) is 8.21. The van der Waals surface area contributed by atoms with Crippen LogP contribution >= 0.6 is 0 Å². The van der Waals surface area contributed by atoms with Gasteiger partial charge in [0.15, 0.2) is 0 Å². The Morgan fingerprint density at radius 1 is 0.484 bits per heavy atom. The molecule has 0 rings (SSSR count). The van der Waals surface area contributed by atoms with E-state index in [4.69, 9.17) is 4.74 Å². The first kappa shape index (κ1) is 59.8. The molecule has 0 aliphatic rings. The summed E-state index contributed by atoms with van der Waals surface area (Å²) in [5.74, 6) is -0.509. The fraction of sp³-hybridized carbons (Fsp3) is 0.821. The van der Waals surface area contributed by atoms with E-state index < -0.39 is 18.2 Å². The zero-order valence-corrected chi connectivity index (χ0v) is 41.3. The molecule has 6 nitrogen and oxygen atoms in total. The molecule has 0 aromatic rings. The summed E-state index contributed by atoms with van der Waals surface area (Å²) in [4.78, 5) is 26.2. The van der Waals surface area contributed by atoms with Gasteiger partial charge in [0.2, 0.25) is 5.91 Å². The van der Waals surface area contributed by atoms with E-state index in [2.05, 4.69) is 50.4 Å². The van der Waals surface area contributed by atoms with E-state index in [1.807, 2.05) is 24.3 Å². The molecule has 1 amide bonds. The van der Waals surface area contributed by atoms with Crippen LogP contribution in [0.15, 0.2) is 48.6 Å². The van der Waals surface area contributed by atoms with Crippen LogP contribution < -0.4 is 5.32 Å². The van der Waals surface area contributed by atoms with Gasteiger partial charge in [0.05, 0.1) is 25.2 Å². The third-order valence-electron chi connectivity index (χ3n) is 12.3. The Labute approximate surface area is 385 Å². The Morgan fingerprint density at radius 2 is 0.871 bits per heavy atom. The Balaban J connectivity index is 4.56. The SMILES string of the molecule is CC/C=C/C=C/C=C\C=C/CCCCCC(=O)OC(CCCCCCCCCCCCCCCC)CC(=O)NC(CO)C(O)CCCCCCCCCCCCCCCCCC. The van der Waals surface area contributed by atoms with Gasteiger partial charge in [-0.15, -0.1) is 0 Å². The number of hydrogen-bond acceptors (Lipinski definition) is 5. The molecule has 0 spiro atoms. The normalized spacial score (nSPS) is 13.6. The van der Waals surface area contributed by atoms with E-state index >= 15 is 0 Å². The molecular weight excluding hydrogens is 767 g/mol. The first-order valence-electron chi connectivity index (χ1n) is 26.9. The molecule has 0 heterocycles. The highest BCUT2D eigenvalue weighted by Gasteiger charge is 2.24. The zero-order valence-electron chi connectivity index (χ0n) is 41.3. The first-order valence-corrected chi connectivity index (χ1v) is 26.9. The van der Waals surface area contributed by atoms with Crippen LogP contribution in [0.5, 0.6) is 0 Å². The van der Waals surface area contributed by atoms with Crippen molar-refractivity contribution in [3.05, 3.63) is 48.6 Å². The van der Waals surface area contributed by atoms with Crippen LogP contribution in [0.4, 0.5) is 0 Å². The van der Waals surface area contributed by atoms with Gasteiger partial charge in [-0.3, -0.25) is 9.59 Å². The lowest BCUT2D eigenvalue weighted by Crippen LogP contribution is -2.46. The molecule has 362 valence electrons. The molecule has 0 aliphatic carbocycles. The number of rotatable bonds is 48. The lowest BCUT2D eigenvalue weighted by atomic mass is 10.0. The lowest BCUT2D eigenvalue weighted by molar-refractivity contribution is -0.151. The molecular formula is C56H103NO5. The topological polar surface area (TPSA) is 95.9 Å². The number of unbranched alkanes of at least 4 members (excludes halogenated alkanes) is 31. The molecule has 0 bridgehead atoms. The molecule has 62 heavy (non-hydrogen) atoms. The standard InChI is InChI=1S/C56H103NO5/c1-4-7-10-13-16-19-22-25-27-28-31-33-36-39-42-45-48-54(59)53(51-58)57-55(60)50-52(47-44-41-38-35-32-30-26-23-20-17-14-11-8-5-2)62-56(61)49-46-43-40-37-34-29-24-21-18-15-12-9-6-3/h9,12,15,18,21,24,29,34,52-54,58-59H,4-8,10-11,13-14,16-17,19-20,22-23,25-28,30-33,35-51H2,1-3H3,(H,57,60)/b12-9+,18-15+,24-21-,34-29-. The predicted molar refractivity (Wildman–Crippen MR) is 269 cm³/mol. The van der Waals surface area contributed by atoms with Gasteiger partial charge < -0.3 is 20.3 Å². The highest BCUT2D eigenvalue weighted by atomic mass is 16.5. The van der Waals surface area contributed by atoms with E-state index in [0.29, 0.717) is 19.3 Å². The van der Waals surface area contributed by atoms with Crippen LogP contribution in [0.3, 0.4) is 0 Å². The van der Waals surface area contributed by atoms with Crippen LogP contribution in [-0.4, -0.2) is 46.9 Å². The molecule has 3 atom stereocenters. The number of esters is 1. The minimum atomic E-state index is -0.793. The second-order valence-corrected chi connectivity index (χ2v) is 18.4. The molecule has 0 aromatic carbocycles. The van der Waals surface area contributed by atoms with Crippen molar-refractivity contribution in [1.82, 2.24) is 5.32 Å². The number of nitrogens with one attached hydrogen (secondary N) is 1. The molecule has 0 aromatic heterocycles. The third kappa shape index (κ3) is 44.4. The van der Waals surface area contributed by atoms with Gasteiger partial charge in [0.25, 0.3) is 0 Å². The Bertz CT molecular complexity index is 1070. The maximum Gasteiger partial charge on any atom is 0.306 e. The number of carbonyl (C=O) groups excluding carboxylic acids is 2. The first-order chi connectivity index (χ1) is 30.5. The van der Waals surface area contributed by atoms with Crippen molar-refractivity contribution >= 4 is 11.9 Å². The second-order valence-electron chi connectivity index (χ2n) is 18.4. The average Bonchev–Trinajstić information content (AvgIpc) is 3.26. The molecule has 6 heteroatoms. The fourth-order valence-electron chi connectivity index (χ4n) is 8.21. The Kier molecular flexibility index (Phi) is 48.1. The number of aliphatic hydroxyl groups excluding tert-OH is 2. The second kappa shape index (κ2) is 49.8. The van der Waals surface area contributed by atoms with Gasteiger partial charge >= 0.3 is 5.97 Å². The summed E-state index contributed by atoms with van der Waals surface area (Å²) >= 11 is 0. The minimum Gasteiger partial charge on any atom is -0.462 e. The van der Waals surface area contributed by atoms with Crippen molar-refractivity contribution < 1.29 is 24.5 Å². The zero-order chi connectivity index (χ0) is 45.2. The maximum absolute atomic E-state index is 13.2. The van der Waals surface area contributed by atoms with E-state index in [1.165, 1.54) is 161 Å². The van der Waals surface area contributed by atoms with E-state index in [-0.39, 0.29) is 24.9 Å². The van der Waals surface area contributed by atoms with Crippen molar-refractivity contribution in [2.45, 2.75) is 289 Å². The lowest BCUT2D eigenvalue weighted by Gasteiger charge is -2.24. The van der Waals surface area contributed by atoms with Crippen molar-refractivity contribution in [2.24, 2.45) is 0 Å². The van der Waals surface area contributed by atoms with Crippen molar-refractivity contribution in [3.8, 4) is 0 Å². The van der Waals surface area contributed by atoms with Crippen LogP contribution in [0.1, 0.15) is 271 Å². The Morgan fingerprint density at radius 3 is 1.31 bits per heavy atom. The largest absolute Gasteiger partial charge is 0.462 e. The molecule has 3 unspecified atom stereocenters. The van der Waals surface area contributed by atoms with E-state index in [1.54, 1.807) is 0 Å². The van der Waals surface area contributed by atoms with Gasteiger partial charge in [0.1, 0.15) is 6.10 Å². The minimum absolute atomic E-state index is 0.0643. The van der Waals surface area contributed by atoms with Crippen molar-refractivity contribution in [1.29, 1.82) is 0 Å². The predicted octanol–water partition coefficient (Wildman–Crippen LogP) is 16.2. The highest BCUT2D eigenvalue weighted by Crippen LogP contribution is 2.18. The summed E-state index contributed by atoms with van der Waals surface area (Å²) in [6.07, 6.45) is 60.3. The van der Waals surface area contributed by atoms with Gasteiger partial charge in [-0.25, -0.2) is 0 Å². The molecule has 0 aliphatic heterocycles. The summed E-state index contributed by atoms with van der Waals surface area (Å²) in [6, 6.07) is -0.708. The third-order valence-corrected chi connectivity index (χ3v) is 12.3. The molecule has 3 N–H and O–H groups in total. The van der Waals surface area contributed by atoms with Gasteiger partial charge in [-0.05, 0) is 44.9 Å². The number of hydrogen-bond donors (Lipinski definition) is 3. The summed E-state index contributed by atoms with van der Waals surface area (Å²) < 4.78 is 5.92. The molecule has 0 radical (unpaired) electrons. The van der Waals surface area contributed by atoms with Crippen LogP contribution in [0.25, 0.3) is 0 Å². The van der Waals surface area contributed by atoms with Crippen molar-refractivity contribution in [3.63, 3.8) is 0 Å². The number of amides is 1. The summed E-state index contributed by atoms with van der Waals surface area (Å²) in [7, 11) is 0. The smallest absolute Gasteiger partial charge is 0.306 e. The number of carbonyl (C=O) groups is 2. The molecule has 0 saturated heterocycles. The maximum atomic E-state index is 13.2. The van der Waals surface area contributed by atoms with Gasteiger partial charge in [-0.2, -0.15) is 0 Å². The average molecular weight is 870 g/mol. The highest BCUT2D eigenvalue weighted by molar-refractivity contribution is 5.77. The molecule has 0 saturated carbocycles. The van der Waals surface area contributed by atoms with E-state index in [9.17, 15) is 19.8 Å². The monoisotopic (exact) mass is 870 g/mol. The quantitative estimate of drug-likeness (QED) is 0.0322. The number of allylic oxidation sites excluding steroid dienone is 8. The summed E-state index contributed by atoms with van der Waals surface area (Å²) in [5, 5.41) is 23.8. The summed E-state index contributed by atoms with van der Waals surface area (Å²) in [6.45, 7) is 6.36. The van der Waals surface area contributed by atoms with Crippen LogP contribution in [0, 0.1) is 0 Å². The Hall–Kier alpha value is -2.18.